The predicted octanol–water partition coefficient (Wildman–Crippen LogP) is 5.45. The lowest BCUT2D eigenvalue weighted by Gasteiger charge is -2.36. The third kappa shape index (κ3) is 6.13. The Hall–Kier alpha value is -2.07. The topological polar surface area (TPSA) is 46.4 Å². The van der Waals surface area contributed by atoms with Crippen molar-refractivity contribution in [3.05, 3.63) is 41.8 Å². The molecule has 0 unspecified atom stereocenters. The number of halogens is 3. The third-order valence-electron chi connectivity index (χ3n) is 6.16. The Balaban J connectivity index is 1.52. The number of fused-ring (bicyclic) bond motifs is 1. The largest absolute Gasteiger partial charge is 0.369 e. The van der Waals surface area contributed by atoms with Gasteiger partial charge in [0.25, 0.3) is 6.43 Å². The number of hydrogen-bond donors (Lipinski definition) is 0. The van der Waals surface area contributed by atoms with Crippen molar-refractivity contribution in [1.29, 1.82) is 0 Å². The number of benzene rings is 1. The Morgan fingerprint density at radius 2 is 1.76 bits per heavy atom. The maximum absolute atomic E-state index is 12.6. The molecule has 0 aliphatic carbocycles. The summed E-state index contributed by atoms with van der Waals surface area (Å²) in [6.07, 6.45) is -0.806. The Labute approximate surface area is 205 Å². The molecule has 3 heterocycles. The average Bonchev–Trinajstić information content (AvgIpc) is 3.16. The maximum Gasteiger partial charge on any atom is 0.251 e. The third-order valence-corrected chi connectivity index (χ3v) is 8.16. The molecule has 0 atom stereocenters. The van der Waals surface area contributed by atoms with E-state index < -0.39 is 14.5 Å². The molecular weight excluding hydrogens is 476 g/mol. The van der Waals surface area contributed by atoms with Gasteiger partial charge in [-0.3, -0.25) is 4.90 Å². The summed E-state index contributed by atoms with van der Waals surface area (Å²) in [5.74, 6) is 0. The zero-order valence-electron chi connectivity index (χ0n) is 20.0. The zero-order chi connectivity index (χ0) is 24.3. The van der Waals surface area contributed by atoms with Gasteiger partial charge >= 0.3 is 0 Å². The Bertz CT molecular complexity index is 1100. The van der Waals surface area contributed by atoms with Crippen LogP contribution >= 0.6 is 11.6 Å². The number of alkyl halides is 2. The van der Waals surface area contributed by atoms with Crippen molar-refractivity contribution in [2.24, 2.45) is 0 Å². The monoisotopic (exact) mass is 507 g/mol. The first-order valence-corrected chi connectivity index (χ1v) is 15.7. The van der Waals surface area contributed by atoms with E-state index in [1.807, 2.05) is 15.5 Å². The molecule has 0 saturated carbocycles. The highest BCUT2D eigenvalue weighted by molar-refractivity contribution is 6.76. The van der Waals surface area contributed by atoms with Crippen molar-refractivity contribution in [2.45, 2.75) is 38.8 Å². The lowest BCUT2D eigenvalue weighted by molar-refractivity contribution is 0.0854. The number of hydrogen-bond acceptors (Lipinski definition) is 5. The summed E-state index contributed by atoms with van der Waals surface area (Å²) in [6, 6.07) is 11.4. The van der Waals surface area contributed by atoms with Crippen LogP contribution in [0.1, 0.15) is 0 Å². The van der Waals surface area contributed by atoms with E-state index in [0.717, 1.165) is 47.1 Å². The van der Waals surface area contributed by atoms with E-state index in [-0.39, 0.29) is 6.54 Å². The van der Waals surface area contributed by atoms with E-state index in [1.54, 1.807) is 0 Å². The van der Waals surface area contributed by atoms with Crippen molar-refractivity contribution in [2.75, 3.05) is 44.2 Å². The van der Waals surface area contributed by atoms with Crippen LogP contribution in [0, 0.1) is 0 Å². The van der Waals surface area contributed by atoms with Crippen molar-refractivity contribution >= 4 is 36.4 Å². The first-order valence-electron chi connectivity index (χ1n) is 11.6. The summed E-state index contributed by atoms with van der Waals surface area (Å²) in [5, 5.41) is 1.22. The Kier molecular flexibility index (Phi) is 7.86. The van der Waals surface area contributed by atoms with Crippen molar-refractivity contribution < 1.29 is 13.5 Å². The first-order chi connectivity index (χ1) is 16.2. The quantitative estimate of drug-likeness (QED) is 0.219. The van der Waals surface area contributed by atoms with Gasteiger partial charge in [-0.1, -0.05) is 43.4 Å². The van der Waals surface area contributed by atoms with Gasteiger partial charge < -0.3 is 14.2 Å². The van der Waals surface area contributed by atoms with Gasteiger partial charge in [-0.15, -0.1) is 0 Å². The lowest BCUT2D eigenvalue weighted by atomic mass is 10.1. The molecular formula is C24H32ClF2N5OSi. The summed E-state index contributed by atoms with van der Waals surface area (Å²) in [6.45, 7) is 10.7. The number of anilines is 1. The van der Waals surface area contributed by atoms with Gasteiger partial charge in [-0.2, -0.15) is 0 Å². The molecule has 1 aromatic carbocycles. The molecule has 1 aliphatic heterocycles. The summed E-state index contributed by atoms with van der Waals surface area (Å²) in [4.78, 5) is 12.7. The van der Waals surface area contributed by atoms with Gasteiger partial charge in [0.2, 0.25) is 0 Å². The smallest absolute Gasteiger partial charge is 0.251 e. The minimum Gasteiger partial charge on any atom is -0.369 e. The second kappa shape index (κ2) is 10.7. The fourth-order valence-corrected chi connectivity index (χ4v) is 5.10. The van der Waals surface area contributed by atoms with Gasteiger partial charge in [-0.25, -0.2) is 18.7 Å². The molecule has 10 heteroatoms. The molecule has 1 aliphatic rings. The molecule has 184 valence electrons. The summed E-state index contributed by atoms with van der Waals surface area (Å²) < 4.78 is 33.4. The van der Waals surface area contributed by atoms with Gasteiger partial charge in [0.1, 0.15) is 23.9 Å². The van der Waals surface area contributed by atoms with E-state index in [0.29, 0.717) is 31.6 Å². The van der Waals surface area contributed by atoms with Crippen LogP contribution in [0.5, 0.6) is 0 Å². The molecule has 0 amide bonds. The highest BCUT2D eigenvalue weighted by atomic mass is 35.5. The molecule has 0 spiro atoms. The van der Waals surface area contributed by atoms with E-state index in [1.165, 1.54) is 6.33 Å². The lowest BCUT2D eigenvalue weighted by Crippen LogP contribution is -2.47. The SMILES string of the molecule is C[Si](C)(C)CCOCn1c(-c2ccc(N3CCN(CC(F)F)CC3)cc2)cc2c(Cl)ncnc21. The van der Waals surface area contributed by atoms with Crippen molar-refractivity contribution in [3.8, 4) is 11.3 Å². The number of piperazine rings is 1. The second-order valence-corrected chi connectivity index (χ2v) is 15.9. The number of rotatable bonds is 9. The molecule has 6 nitrogen and oxygen atoms in total. The van der Waals surface area contributed by atoms with Crippen LogP contribution in [0.2, 0.25) is 30.8 Å². The zero-order valence-corrected chi connectivity index (χ0v) is 21.7. The fraction of sp³-hybridized carbons (Fsp3) is 0.500. The number of aromatic nitrogens is 3. The van der Waals surface area contributed by atoms with Crippen LogP contribution in [0.3, 0.4) is 0 Å². The maximum atomic E-state index is 12.6. The molecule has 0 bridgehead atoms. The molecule has 0 radical (unpaired) electrons. The van der Waals surface area contributed by atoms with Crippen molar-refractivity contribution in [3.63, 3.8) is 0 Å². The van der Waals surface area contributed by atoms with E-state index >= 15 is 0 Å². The standard InChI is InChI=1S/C24H32ClF2N5OSi/c1-34(2,3)13-12-33-17-32-21(14-20-23(25)28-16-29-24(20)32)18-4-6-19(7-5-18)31-10-8-30(9-11-31)15-22(26)27/h4-7,14,16,22H,8-13,15,17H2,1-3H3. The normalized spacial score (nSPS) is 15.6. The number of nitrogens with zero attached hydrogens (tertiary/aromatic N) is 5. The molecule has 1 saturated heterocycles. The predicted molar refractivity (Wildman–Crippen MR) is 137 cm³/mol. The molecule has 34 heavy (non-hydrogen) atoms. The molecule has 3 aromatic rings. The molecule has 2 aromatic heterocycles. The van der Waals surface area contributed by atoms with Crippen molar-refractivity contribution in [1.82, 2.24) is 19.4 Å². The minimum absolute atomic E-state index is 0.150. The van der Waals surface area contributed by atoms with Gasteiger partial charge in [0, 0.05) is 46.5 Å². The Morgan fingerprint density at radius 3 is 2.41 bits per heavy atom. The van der Waals surface area contributed by atoms with Crippen LogP contribution in [-0.2, 0) is 11.5 Å². The van der Waals surface area contributed by atoms with E-state index in [9.17, 15) is 8.78 Å². The van der Waals surface area contributed by atoms with Crippen LogP contribution in [0.15, 0.2) is 36.7 Å². The van der Waals surface area contributed by atoms with Crippen LogP contribution in [0.4, 0.5) is 14.5 Å². The minimum atomic E-state index is -2.28. The summed E-state index contributed by atoms with van der Waals surface area (Å²) in [7, 11) is -1.18. The van der Waals surface area contributed by atoms with Gasteiger partial charge in [0.05, 0.1) is 17.6 Å². The summed E-state index contributed by atoms with van der Waals surface area (Å²) >= 11 is 6.36. The highest BCUT2D eigenvalue weighted by Crippen LogP contribution is 2.31. The van der Waals surface area contributed by atoms with Crippen LogP contribution in [-0.4, -0.2) is 73.3 Å². The average molecular weight is 508 g/mol. The summed E-state index contributed by atoms with van der Waals surface area (Å²) in [5.41, 5.74) is 3.84. The Morgan fingerprint density at radius 1 is 1.06 bits per heavy atom. The fourth-order valence-electron chi connectivity index (χ4n) is 4.16. The van der Waals surface area contributed by atoms with Crippen LogP contribution in [0.25, 0.3) is 22.3 Å². The van der Waals surface area contributed by atoms with Crippen LogP contribution < -0.4 is 4.90 Å². The molecule has 0 N–H and O–H groups in total. The number of ether oxygens (including phenoxy) is 1. The van der Waals surface area contributed by atoms with Gasteiger partial charge in [-0.05, 0) is 29.8 Å². The van der Waals surface area contributed by atoms with E-state index in [2.05, 4.69) is 58.8 Å². The van der Waals surface area contributed by atoms with Gasteiger partial charge in [0.15, 0.2) is 0 Å². The second-order valence-electron chi connectivity index (χ2n) is 9.93. The van der Waals surface area contributed by atoms with E-state index in [4.69, 9.17) is 16.3 Å². The highest BCUT2D eigenvalue weighted by Gasteiger charge is 2.21. The molecule has 4 rings (SSSR count). The first kappa shape index (κ1) is 25.0. The molecule has 1 fully saturated rings.